The molecule has 1 aromatic carbocycles. The smallest absolute Gasteiger partial charge is 0.325 e. The van der Waals surface area contributed by atoms with Crippen molar-refractivity contribution in [2.75, 3.05) is 7.11 Å². The van der Waals surface area contributed by atoms with E-state index in [1.165, 1.54) is 6.07 Å². The summed E-state index contributed by atoms with van der Waals surface area (Å²) < 4.78 is 5.40. The molecule has 2 aromatic rings. The minimum absolute atomic E-state index is 0.369. The van der Waals surface area contributed by atoms with Crippen LogP contribution in [0, 0.1) is 0 Å². The third-order valence-corrected chi connectivity index (χ3v) is 3.82. The van der Waals surface area contributed by atoms with Crippen molar-refractivity contribution in [2.24, 2.45) is 0 Å². The number of hydrogen-bond donors (Lipinski definition) is 2. The molecule has 1 fully saturated rings. The molecule has 1 aromatic heterocycles. The lowest BCUT2D eigenvalue weighted by Crippen LogP contribution is -2.29. The normalized spacial score (nSPS) is 14.3. The van der Waals surface area contributed by atoms with Crippen LogP contribution >= 0.6 is 0 Å². The molecule has 1 aliphatic rings. The number of rotatable bonds is 6. The lowest BCUT2D eigenvalue weighted by Gasteiger charge is -2.22. The Hall–Kier alpha value is -2.34. The lowest BCUT2D eigenvalue weighted by atomic mass is 10.2. The first-order chi connectivity index (χ1) is 10.7. The van der Waals surface area contributed by atoms with Crippen molar-refractivity contribution < 1.29 is 4.74 Å². The zero-order valence-corrected chi connectivity index (χ0v) is 12.5. The van der Waals surface area contributed by atoms with E-state index in [-0.39, 0.29) is 5.56 Å². The Kier molecular flexibility index (Phi) is 4.11. The van der Waals surface area contributed by atoms with E-state index in [0.29, 0.717) is 18.3 Å². The monoisotopic (exact) mass is 301 g/mol. The molecule has 1 aliphatic carbocycles. The van der Waals surface area contributed by atoms with Crippen LogP contribution in [0.5, 0.6) is 5.75 Å². The molecule has 1 heterocycles. The van der Waals surface area contributed by atoms with Crippen molar-refractivity contribution in [3.05, 3.63) is 62.4 Å². The Morgan fingerprint density at radius 1 is 1.18 bits per heavy atom. The summed E-state index contributed by atoms with van der Waals surface area (Å²) in [5.41, 5.74) is 0.905. The van der Waals surface area contributed by atoms with Gasteiger partial charge in [0.2, 0.25) is 0 Å². The summed E-state index contributed by atoms with van der Waals surface area (Å²) in [7, 11) is 1.66. The highest BCUT2D eigenvalue weighted by Crippen LogP contribution is 2.31. The number of para-hydroxylation sites is 1. The molecule has 0 aliphatic heterocycles. The quantitative estimate of drug-likeness (QED) is 0.841. The van der Waals surface area contributed by atoms with Crippen molar-refractivity contribution in [3.63, 3.8) is 0 Å². The molecule has 2 N–H and O–H groups in total. The predicted molar refractivity (Wildman–Crippen MR) is 82.9 cm³/mol. The Balaban J connectivity index is 1.81. The zero-order chi connectivity index (χ0) is 15.5. The maximum absolute atomic E-state index is 11.4. The van der Waals surface area contributed by atoms with Crippen LogP contribution in [0.15, 0.2) is 39.9 Å². The summed E-state index contributed by atoms with van der Waals surface area (Å²) in [4.78, 5) is 30.0. The summed E-state index contributed by atoms with van der Waals surface area (Å²) in [6.45, 7) is 1.27. The van der Waals surface area contributed by atoms with Gasteiger partial charge in [0.25, 0.3) is 5.56 Å². The number of H-pyrrole nitrogens is 2. The number of nitrogens with one attached hydrogen (secondary N) is 2. The molecule has 0 unspecified atom stereocenters. The molecule has 0 radical (unpaired) electrons. The zero-order valence-electron chi connectivity index (χ0n) is 12.5. The van der Waals surface area contributed by atoms with Crippen LogP contribution in [-0.2, 0) is 13.1 Å². The first-order valence-electron chi connectivity index (χ1n) is 7.34. The second-order valence-corrected chi connectivity index (χ2v) is 5.56. The van der Waals surface area contributed by atoms with E-state index in [1.54, 1.807) is 7.11 Å². The number of hydrogen-bond acceptors (Lipinski definition) is 4. The van der Waals surface area contributed by atoms with Crippen molar-refractivity contribution in [2.45, 2.75) is 32.0 Å². The largest absolute Gasteiger partial charge is 0.496 e. The summed E-state index contributed by atoms with van der Waals surface area (Å²) in [5.74, 6) is 0.854. The Bertz CT molecular complexity index is 733. The molecule has 3 rings (SSSR count). The van der Waals surface area contributed by atoms with E-state index in [1.807, 2.05) is 24.3 Å². The number of aromatic amines is 2. The van der Waals surface area contributed by atoms with Crippen LogP contribution in [0.4, 0.5) is 0 Å². The summed E-state index contributed by atoms with van der Waals surface area (Å²) in [6, 6.07) is 9.84. The number of benzene rings is 1. The second kappa shape index (κ2) is 6.19. The molecular weight excluding hydrogens is 282 g/mol. The minimum atomic E-state index is -0.462. The molecule has 6 nitrogen and oxygen atoms in total. The third kappa shape index (κ3) is 3.46. The highest BCUT2D eigenvalue weighted by Gasteiger charge is 2.29. The average Bonchev–Trinajstić information content (AvgIpc) is 3.30. The van der Waals surface area contributed by atoms with E-state index < -0.39 is 5.69 Å². The van der Waals surface area contributed by atoms with Gasteiger partial charge in [-0.3, -0.25) is 14.7 Å². The summed E-state index contributed by atoms with van der Waals surface area (Å²) in [6.07, 6.45) is 2.28. The third-order valence-electron chi connectivity index (χ3n) is 3.82. The molecule has 0 saturated heterocycles. The Labute approximate surface area is 127 Å². The van der Waals surface area contributed by atoms with Gasteiger partial charge in [-0.2, -0.15) is 0 Å². The van der Waals surface area contributed by atoms with E-state index >= 15 is 0 Å². The topological polar surface area (TPSA) is 78.2 Å². The molecular formula is C16H19N3O3. The van der Waals surface area contributed by atoms with Crippen molar-refractivity contribution in [3.8, 4) is 5.75 Å². The van der Waals surface area contributed by atoms with Gasteiger partial charge in [0.15, 0.2) is 0 Å². The van der Waals surface area contributed by atoms with Crippen molar-refractivity contribution in [1.82, 2.24) is 14.9 Å². The SMILES string of the molecule is COc1ccccc1CN(Cc1cc(=O)[nH]c(=O)[nH]1)C1CC1. The number of methoxy groups -OCH3 is 1. The Morgan fingerprint density at radius 2 is 1.95 bits per heavy atom. The van der Waals surface area contributed by atoms with E-state index in [2.05, 4.69) is 14.9 Å². The van der Waals surface area contributed by atoms with Gasteiger partial charge < -0.3 is 9.72 Å². The summed E-state index contributed by atoms with van der Waals surface area (Å²) >= 11 is 0. The summed E-state index contributed by atoms with van der Waals surface area (Å²) in [5, 5.41) is 0. The maximum atomic E-state index is 11.4. The maximum Gasteiger partial charge on any atom is 0.325 e. The van der Waals surface area contributed by atoms with Gasteiger partial charge in [-0.15, -0.1) is 0 Å². The fourth-order valence-electron chi connectivity index (χ4n) is 2.63. The first-order valence-corrected chi connectivity index (χ1v) is 7.34. The second-order valence-electron chi connectivity index (χ2n) is 5.56. The van der Waals surface area contributed by atoms with Crippen LogP contribution in [0.3, 0.4) is 0 Å². The molecule has 0 amide bonds. The van der Waals surface area contributed by atoms with Gasteiger partial charge in [-0.25, -0.2) is 4.79 Å². The number of aromatic nitrogens is 2. The van der Waals surface area contributed by atoms with E-state index in [0.717, 1.165) is 30.7 Å². The molecule has 0 bridgehead atoms. The van der Waals surface area contributed by atoms with E-state index in [4.69, 9.17) is 4.74 Å². The van der Waals surface area contributed by atoms with Gasteiger partial charge in [0, 0.05) is 36.5 Å². The van der Waals surface area contributed by atoms with E-state index in [9.17, 15) is 9.59 Å². The van der Waals surface area contributed by atoms with Crippen LogP contribution in [0.1, 0.15) is 24.1 Å². The highest BCUT2D eigenvalue weighted by molar-refractivity contribution is 5.33. The van der Waals surface area contributed by atoms with Gasteiger partial charge in [-0.05, 0) is 18.9 Å². The number of nitrogens with zero attached hydrogens (tertiary/aromatic N) is 1. The minimum Gasteiger partial charge on any atom is -0.496 e. The average molecular weight is 301 g/mol. The molecule has 1 saturated carbocycles. The molecule has 22 heavy (non-hydrogen) atoms. The van der Waals surface area contributed by atoms with Crippen molar-refractivity contribution >= 4 is 0 Å². The fourth-order valence-corrected chi connectivity index (χ4v) is 2.63. The van der Waals surface area contributed by atoms with Gasteiger partial charge in [0.1, 0.15) is 5.75 Å². The van der Waals surface area contributed by atoms with Gasteiger partial charge in [0.05, 0.1) is 7.11 Å². The molecule has 116 valence electrons. The van der Waals surface area contributed by atoms with Crippen LogP contribution in [-0.4, -0.2) is 28.0 Å². The predicted octanol–water partition coefficient (Wildman–Crippen LogP) is 1.24. The molecule has 6 heteroatoms. The highest BCUT2D eigenvalue weighted by atomic mass is 16.5. The lowest BCUT2D eigenvalue weighted by molar-refractivity contribution is 0.238. The van der Waals surface area contributed by atoms with Crippen LogP contribution in [0.25, 0.3) is 0 Å². The standard InChI is InChI=1S/C16H19N3O3/c1-22-14-5-3-2-4-11(14)9-19(13-6-7-13)10-12-8-15(20)18-16(21)17-12/h2-5,8,13H,6-7,9-10H2,1H3,(H2,17,18,20,21). The van der Waals surface area contributed by atoms with Crippen molar-refractivity contribution in [1.29, 1.82) is 0 Å². The molecule has 0 spiro atoms. The van der Waals surface area contributed by atoms with Crippen LogP contribution < -0.4 is 16.0 Å². The molecule has 0 atom stereocenters. The fraction of sp³-hybridized carbons (Fsp3) is 0.375. The van der Waals surface area contributed by atoms with Crippen LogP contribution in [0.2, 0.25) is 0 Å². The number of ether oxygens (including phenoxy) is 1. The van der Waals surface area contributed by atoms with Gasteiger partial charge >= 0.3 is 5.69 Å². The Morgan fingerprint density at radius 3 is 2.64 bits per heavy atom. The first kappa shape index (κ1) is 14.6. The van der Waals surface area contributed by atoms with Gasteiger partial charge in [-0.1, -0.05) is 18.2 Å².